The zero-order valence-electron chi connectivity index (χ0n) is 9.98. The molecule has 2 nitrogen and oxygen atoms in total. The summed E-state index contributed by atoms with van der Waals surface area (Å²) in [6.45, 7) is 4.70. The Bertz CT molecular complexity index is 318. The van der Waals surface area contributed by atoms with E-state index in [4.69, 9.17) is 5.73 Å². The van der Waals surface area contributed by atoms with E-state index < -0.39 is 0 Å². The molecule has 0 aliphatic heterocycles. The summed E-state index contributed by atoms with van der Waals surface area (Å²) in [6, 6.07) is 7.02. The van der Waals surface area contributed by atoms with Gasteiger partial charge in [-0.05, 0) is 27.0 Å². The Balaban J connectivity index is 0.00000225. The van der Waals surface area contributed by atoms with Crippen LogP contribution in [0.3, 0.4) is 0 Å². The van der Waals surface area contributed by atoms with Gasteiger partial charge in [0.1, 0.15) is 5.82 Å². The Morgan fingerprint density at radius 1 is 1.31 bits per heavy atom. The molecule has 0 saturated carbocycles. The molecule has 1 aromatic rings. The Morgan fingerprint density at radius 2 is 1.88 bits per heavy atom. The molecule has 2 unspecified atom stereocenters. The topological polar surface area (TPSA) is 29.3 Å². The van der Waals surface area contributed by atoms with Gasteiger partial charge >= 0.3 is 0 Å². The molecule has 0 aliphatic rings. The molecule has 0 saturated heterocycles. The van der Waals surface area contributed by atoms with Crippen LogP contribution in [0.25, 0.3) is 0 Å². The summed E-state index contributed by atoms with van der Waals surface area (Å²) in [7, 11) is 1.96. The number of nitrogens with zero attached hydrogens (tertiary/aromatic N) is 1. The second kappa shape index (κ2) is 6.84. The highest BCUT2D eigenvalue weighted by Gasteiger charge is 2.15. The normalized spacial score (nSPS) is 14.4. The van der Waals surface area contributed by atoms with Crippen LogP contribution in [0.2, 0.25) is 0 Å². The van der Waals surface area contributed by atoms with Crippen LogP contribution in [0, 0.1) is 5.82 Å². The highest BCUT2D eigenvalue weighted by Crippen LogP contribution is 2.21. The summed E-state index contributed by atoms with van der Waals surface area (Å²) in [6.07, 6.45) is 0. The predicted molar refractivity (Wildman–Crippen MR) is 68.3 cm³/mol. The van der Waals surface area contributed by atoms with Crippen LogP contribution in [0.4, 0.5) is 4.39 Å². The predicted octanol–water partition coefficient (Wildman–Crippen LogP) is 2.59. The molecule has 0 fully saturated rings. The minimum absolute atomic E-state index is 0. The van der Waals surface area contributed by atoms with E-state index in [1.807, 2.05) is 33.0 Å². The third-order valence-corrected chi connectivity index (χ3v) is 2.59. The van der Waals surface area contributed by atoms with Crippen molar-refractivity contribution in [3.8, 4) is 0 Å². The van der Waals surface area contributed by atoms with E-state index in [0.29, 0.717) is 0 Å². The summed E-state index contributed by atoms with van der Waals surface area (Å²) in [5, 5.41) is 0. The summed E-state index contributed by atoms with van der Waals surface area (Å²) in [4.78, 5) is 2.06. The molecular formula is C12H20ClFN2. The number of hydrogen-bond acceptors (Lipinski definition) is 2. The highest BCUT2D eigenvalue weighted by atomic mass is 35.5. The first-order valence-corrected chi connectivity index (χ1v) is 5.22. The Hall–Kier alpha value is -0.640. The number of benzene rings is 1. The largest absolute Gasteiger partial charge is 0.327 e. The van der Waals surface area contributed by atoms with E-state index in [0.717, 1.165) is 12.1 Å². The van der Waals surface area contributed by atoms with Gasteiger partial charge in [-0.15, -0.1) is 12.4 Å². The van der Waals surface area contributed by atoms with Crippen molar-refractivity contribution in [2.45, 2.75) is 25.9 Å². The quantitative estimate of drug-likeness (QED) is 0.885. The maximum Gasteiger partial charge on any atom is 0.127 e. The molecule has 92 valence electrons. The fourth-order valence-corrected chi connectivity index (χ4v) is 1.66. The van der Waals surface area contributed by atoms with Gasteiger partial charge in [0.2, 0.25) is 0 Å². The molecule has 0 aromatic heterocycles. The molecule has 0 radical (unpaired) electrons. The zero-order chi connectivity index (χ0) is 11.4. The summed E-state index contributed by atoms with van der Waals surface area (Å²) in [5.41, 5.74) is 6.43. The minimum Gasteiger partial charge on any atom is -0.327 e. The molecular weight excluding hydrogens is 227 g/mol. The van der Waals surface area contributed by atoms with Gasteiger partial charge in [-0.3, -0.25) is 4.90 Å². The number of rotatable bonds is 4. The Labute approximate surface area is 103 Å². The minimum atomic E-state index is -0.151. The van der Waals surface area contributed by atoms with Gasteiger partial charge in [0.15, 0.2) is 0 Å². The van der Waals surface area contributed by atoms with Crippen LogP contribution < -0.4 is 5.73 Å². The standard InChI is InChI=1S/C12H19FN2.ClH/c1-9(14)8-15(3)10(2)11-6-4-5-7-12(11)13;/h4-7,9-10H,8,14H2,1-3H3;1H. The van der Waals surface area contributed by atoms with E-state index in [1.54, 1.807) is 6.07 Å². The van der Waals surface area contributed by atoms with E-state index in [9.17, 15) is 4.39 Å². The molecule has 0 bridgehead atoms. The zero-order valence-corrected chi connectivity index (χ0v) is 10.8. The van der Waals surface area contributed by atoms with Crippen molar-refractivity contribution < 1.29 is 4.39 Å². The van der Waals surface area contributed by atoms with Crippen LogP contribution in [0.15, 0.2) is 24.3 Å². The van der Waals surface area contributed by atoms with Gasteiger partial charge in [0.25, 0.3) is 0 Å². The molecule has 0 spiro atoms. The van der Waals surface area contributed by atoms with Crippen LogP contribution >= 0.6 is 12.4 Å². The first-order valence-electron chi connectivity index (χ1n) is 5.22. The molecule has 0 aliphatic carbocycles. The molecule has 2 N–H and O–H groups in total. The number of hydrogen-bond donors (Lipinski definition) is 1. The number of nitrogens with two attached hydrogens (primary N) is 1. The Morgan fingerprint density at radius 3 is 2.38 bits per heavy atom. The Kier molecular flexibility index (Phi) is 6.56. The van der Waals surface area contributed by atoms with Gasteiger partial charge in [0, 0.05) is 24.2 Å². The average molecular weight is 247 g/mol. The van der Waals surface area contributed by atoms with Crippen molar-refractivity contribution in [1.29, 1.82) is 0 Å². The lowest BCUT2D eigenvalue weighted by atomic mass is 10.1. The summed E-state index contributed by atoms with van der Waals surface area (Å²) in [5.74, 6) is -0.151. The van der Waals surface area contributed by atoms with Crippen LogP contribution in [-0.2, 0) is 0 Å². The van der Waals surface area contributed by atoms with Crippen LogP contribution in [0.1, 0.15) is 25.5 Å². The summed E-state index contributed by atoms with van der Waals surface area (Å²) >= 11 is 0. The SMILES string of the molecule is CC(N)CN(C)C(C)c1ccccc1F.Cl. The second-order valence-electron chi connectivity index (χ2n) is 4.11. The third-order valence-electron chi connectivity index (χ3n) is 2.59. The maximum absolute atomic E-state index is 13.5. The highest BCUT2D eigenvalue weighted by molar-refractivity contribution is 5.85. The molecule has 16 heavy (non-hydrogen) atoms. The number of halogens is 2. The maximum atomic E-state index is 13.5. The van der Waals surface area contributed by atoms with Crippen LogP contribution in [0.5, 0.6) is 0 Å². The van der Waals surface area contributed by atoms with E-state index in [-0.39, 0.29) is 30.3 Å². The molecule has 4 heteroatoms. The van der Waals surface area contributed by atoms with Gasteiger partial charge < -0.3 is 5.73 Å². The van der Waals surface area contributed by atoms with Crippen molar-refractivity contribution in [2.75, 3.05) is 13.6 Å². The van der Waals surface area contributed by atoms with Gasteiger partial charge in [0.05, 0.1) is 0 Å². The molecule has 1 aromatic carbocycles. The summed E-state index contributed by atoms with van der Waals surface area (Å²) < 4.78 is 13.5. The fourth-order valence-electron chi connectivity index (χ4n) is 1.66. The average Bonchev–Trinajstić information content (AvgIpc) is 2.16. The second-order valence-corrected chi connectivity index (χ2v) is 4.11. The fraction of sp³-hybridized carbons (Fsp3) is 0.500. The third kappa shape index (κ3) is 4.08. The monoisotopic (exact) mass is 246 g/mol. The lowest BCUT2D eigenvalue weighted by Gasteiger charge is -2.26. The van der Waals surface area contributed by atoms with E-state index in [1.165, 1.54) is 6.07 Å². The van der Waals surface area contributed by atoms with Gasteiger partial charge in [-0.25, -0.2) is 4.39 Å². The van der Waals surface area contributed by atoms with Crippen molar-refractivity contribution >= 4 is 12.4 Å². The van der Waals surface area contributed by atoms with Crippen LogP contribution in [-0.4, -0.2) is 24.5 Å². The smallest absolute Gasteiger partial charge is 0.127 e. The van der Waals surface area contributed by atoms with Crippen molar-refractivity contribution in [1.82, 2.24) is 4.90 Å². The van der Waals surface area contributed by atoms with E-state index in [2.05, 4.69) is 4.90 Å². The first-order chi connectivity index (χ1) is 7.02. The molecule has 0 heterocycles. The van der Waals surface area contributed by atoms with Crippen molar-refractivity contribution in [2.24, 2.45) is 5.73 Å². The lowest BCUT2D eigenvalue weighted by Crippen LogP contribution is -2.34. The van der Waals surface area contributed by atoms with Gasteiger partial charge in [-0.1, -0.05) is 18.2 Å². The van der Waals surface area contributed by atoms with Gasteiger partial charge in [-0.2, -0.15) is 0 Å². The van der Waals surface area contributed by atoms with E-state index >= 15 is 0 Å². The first kappa shape index (κ1) is 15.4. The lowest BCUT2D eigenvalue weighted by molar-refractivity contribution is 0.245. The molecule has 1 rings (SSSR count). The molecule has 2 atom stereocenters. The van der Waals surface area contributed by atoms with Crippen molar-refractivity contribution in [3.63, 3.8) is 0 Å². The molecule has 0 amide bonds. The van der Waals surface area contributed by atoms with Crippen molar-refractivity contribution in [3.05, 3.63) is 35.6 Å². The number of likely N-dealkylation sites (N-methyl/N-ethyl adjacent to an activating group) is 1.